The molecule has 0 atom stereocenters. The van der Waals surface area contributed by atoms with Crippen LogP contribution in [0.15, 0.2) is 47.5 Å². The molecule has 0 N–H and O–H groups in total. The van der Waals surface area contributed by atoms with E-state index < -0.39 is 9.84 Å². The number of hydrogen-bond donors (Lipinski definition) is 0. The zero-order valence-corrected chi connectivity index (χ0v) is 12.8. The van der Waals surface area contributed by atoms with E-state index in [-0.39, 0.29) is 4.90 Å². The van der Waals surface area contributed by atoms with Gasteiger partial charge in [0.15, 0.2) is 9.84 Å². The van der Waals surface area contributed by atoms with E-state index in [0.29, 0.717) is 0 Å². The summed E-state index contributed by atoms with van der Waals surface area (Å²) in [6.45, 7) is 1.81. The van der Waals surface area contributed by atoms with E-state index in [2.05, 4.69) is 34.1 Å². The van der Waals surface area contributed by atoms with Crippen molar-refractivity contribution in [2.24, 2.45) is 0 Å². The number of benzene rings is 1. The molecule has 0 unspecified atom stereocenters. The summed E-state index contributed by atoms with van der Waals surface area (Å²) < 4.78 is 22.9. The van der Waals surface area contributed by atoms with Crippen LogP contribution in [0.25, 0.3) is 0 Å². The molecule has 2 heterocycles. The van der Waals surface area contributed by atoms with Crippen molar-refractivity contribution in [3.8, 4) is 0 Å². The number of sulfone groups is 1. The van der Waals surface area contributed by atoms with E-state index in [0.717, 1.165) is 31.7 Å². The highest BCUT2D eigenvalue weighted by atomic mass is 32.2. The molecule has 110 valence electrons. The first-order valence-electron chi connectivity index (χ1n) is 7.02. The molecule has 21 heavy (non-hydrogen) atoms. The van der Waals surface area contributed by atoms with Gasteiger partial charge in [0.05, 0.1) is 4.90 Å². The van der Waals surface area contributed by atoms with E-state index in [4.69, 9.17) is 0 Å². The molecule has 1 aromatic carbocycles. The van der Waals surface area contributed by atoms with E-state index >= 15 is 0 Å². The highest BCUT2D eigenvalue weighted by Gasteiger charge is 2.15. The lowest BCUT2D eigenvalue weighted by Crippen LogP contribution is -2.26. The van der Waals surface area contributed by atoms with Gasteiger partial charge in [-0.15, -0.1) is 0 Å². The highest BCUT2D eigenvalue weighted by molar-refractivity contribution is 7.90. The topological polar surface area (TPSA) is 50.3 Å². The first kappa shape index (κ1) is 14.1. The number of rotatable bonds is 2. The molecule has 0 amide bonds. The smallest absolute Gasteiger partial charge is 0.177 e. The fraction of sp³-hybridized carbons (Fsp3) is 0.312. The lowest BCUT2D eigenvalue weighted by atomic mass is 10.0. The normalized spacial score (nSPS) is 15.4. The summed E-state index contributed by atoms with van der Waals surface area (Å²) in [5, 5.41) is 0. The third-order valence-electron chi connectivity index (χ3n) is 3.89. The van der Waals surface area contributed by atoms with Crippen LogP contribution in [0.2, 0.25) is 0 Å². The summed E-state index contributed by atoms with van der Waals surface area (Å²) >= 11 is 0. The van der Waals surface area contributed by atoms with Crippen LogP contribution in [0, 0.1) is 0 Å². The van der Waals surface area contributed by atoms with E-state index in [1.165, 1.54) is 23.6 Å². The van der Waals surface area contributed by atoms with E-state index in [9.17, 15) is 8.42 Å². The van der Waals surface area contributed by atoms with Crippen molar-refractivity contribution in [2.75, 3.05) is 24.2 Å². The molecule has 0 aliphatic carbocycles. The Hall–Kier alpha value is -1.88. The summed E-state index contributed by atoms with van der Waals surface area (Å²) in [5.74, 6) is 0.843. The molecule has 0 bridgehead atoms. The van der Waals surface area contributed by atoms with Crippen molar-refractivity contribution in [3.05, 3.63) is 53.7 Å². The fourth-order valence-corrected chi connectivity index (χ4v) is 3.24. The van der Waals surface area contributed by atoms with Gasteiger partial charge in [0.1, 0.15) is 5.82 Å². The van der Waals surface area contributed by atoms with E-state index in [1.54, 1.807) is 12.1 Å². The molecule has 0 fully saturated rings. The van der Waals surface area contributed by atoms with Crippen molar-refractivity contribution in [2.45, 2.75) is 17.7 Å². The summed E-state index contributed by atoms with van der Waals surface area (Å²) in [5.41, 5.74) is 2.79. The molecule has 4 nitrogen and oxygen atoms in total. The van der Waals surface area contributed by atoms with Gasteiger partial charge >= 0.3 is 0 Å². The van der Waals surface area contributed by atoms with Gasteiger partial charge in [-0.2, -0.15) is 0 Å². The molecule has 5 heteroatoms. The average molecular weight is 302 g/mol. The Balaban J connectivity index is 1.80. The Labute approximate surface area is 125 Å². The maximum Gasteiger partial charge on any atom is 0.177 e. The summed E-state index contributed by atoms with van der Waals surface area (Å²) in [6.07, 6.45) is 4.63. The summed E-state index contributed by atoms with van der Waals surface area (Å²) in [4.78, 5) is 6.80. The Kier molecular flexibility index (Phi) is 3.68. The minimum atomic E-state index is -3.18. The monoisotopic (exact) mass is 302 g/mol. The summed E-state index contributed by atoms with van der Waals surface area (Å²) in [6, 6.07) is 11.9. The van der Waals surface area contributed by atoms with Crippen molar-refractivity contribution in [1.82, 2.24) is 4.98 Å². The van der Waals surface area contributed by atoms with Gasteiger partial charge in [-0.05, 0) is 36.1 Å². The first-order valence-corrected chi connectivity index (χ1v) is 8.91. The third kappa shape index (κ3) is 3.08. The van der Waals surface area contributed by atoms with Gasteiger partial charge in [0.2, 0.25) is 0 Å². The SMILES string of the molecule is CS(=O)(=O)c1ccc(N2CCc3ccccc3CC2)nc1. The minimum Gasteiger partial charge on any atom is -0.356 e. The van der Waals surface area contributed by atoms with Crippen LogP contribution in [-0.4, -0.2) is 32.7 Å². The number of fused-ring (bicyclic) bond motifs is 1. The number of hydrogen-bond acceptors (Lipinski definition) is 4. The van der Waals surface area contributed by atoms with Crippen LogP contribution >= 0.6 is 0 Å². The molecule has 3 rings (SSSR count). The third-order valence-corrected chi connectivity index (χ3v) is 4.99. The largest absolute Gasteiger partial charge is 0.356 e. The lowest BCUT2D eigenvalue weighted by molar-refractivity contribution is 0.601. The van der Waals surface area contributed by atoms with Crippen LogP contribution in [0.5, 0.6) is 0 Å². The Morgan fingerprint density at radius 3 is 2.10 bits per heavy atom. The predicted octanol–water partition coefficient (Wildman–Crippen LogP) is 2.09. The van der Waals surface area contributed by atoms with Crippen molar-refractivity contribution >= 4 is 15.7 Å². The maximum absolute atomic E-state index is 11.5. The van der Waals surface area contributed by atoms with Gasteiger partial charge < -0.3 is 4.90 Å². The quantitative estimate of drug-likeness (QED) is 0.852. The molecule has 0 saturated carbocycles. The van der Waals surface area contributed by atoms with Crippen molar-refractivity contribution in [1.29, 1.82) is 0 Å². The zero-order chi connectivity index (χ0) is 14.9. The van der Waals surface area contributed by atoms with Crippen LogP contribution in [0.4, 0.5) is 5.82 Å². The van der Waals surface area contributed by atoms with Crippen LogP contribution < -0.4 is 4.90 Å². The highest BCUT2D eigenvalue weighted by Crippen LogP contribution is 2.20. The van der Waals surface area contributed by atoms with Gasteiger partial charge in [0, 0.05) is 25.5 Å². The van der Waals surface area contributed by atoms with Crippen LogP contribution in [0.3, 0.4) is 0 Å². The molecule has 1 aromatic heterocycles. The molecular weight excluding hydrogens is 284 g/mol. The van der Waals surface area contributed by atoms with Crippen molar-refractivity contribution < 1.29 is 8.42 Å². The number of aromatic nitrogens is 1. The Bertz CT molecular complexity index is 712. The second kappa shape index (κ2) is 5.48. The molecular formula is C16H18N2O2S. The fourth-order valence-electron chi connectivity index (χ4n) is 2.68. The van der Waals surface area contributed by atoms with Crippen LogP contribution in [-0.2, 0) is 22.7 Å². The Morgan fingerprint density at radius 2 is 1.62 bits per heavy atom. The Morgan fingerprint density at radius 1 is 1.00 bits per heavy atom. The van der Waals surface area contributed by atoms with E-state index in [1.807, 2.05) is 0 Å². The molecule has 0 saturated heterocycles. The molecule has 0 spiro atoms. The number of nitrogens with zero attached hydrogens (tertiary/aromatic N) is 2. The molecule has 1 aliphatic heterocycles. The van der Waals surface area contributed by atoms with Gasteiger partial charge in [-0.3, -0.25) is 0 Å². The summed E-state index contributed by atoms with van der Waals surface area (Å²) in [7, 11) is -3.18. The zero-order valence-electron chi connectivity index (χ0n) is 12.0. The lowest BCUT2D eigenvalue weighted by Gasteiger charge is -2.21. The molecule has 2 aromatic rings. The van der Waals surface area contributed by atoms with Gasteiger partial charge in [0.25, 0.3) is 0 Å². The molecule has 0 radical (unpaired) electrons. The standard InChI is InChI=1S/C16H18N2O2S/c1-21(19,20)15-6-7-16(17-12-15)18-10-8-13-4-2-3-5-14(13)9-11-18/h2-7,12H,8-11H2,1H3. The molecule has 1 aliphatic rings. The second-order valence-corrected chi connectivity index (χ2v) is 7.40. The average Bonchev–Trinajstić information content (AvgIpc) is 2.69. The van der Waals surface area contributed by atoms with Gasteiger partial charge in [-0.1, -0.05) is 24.3 Å². The van der Waals surface area contributed by atoms with Gasteiger partial charge in [-0.25, -0.2) is 13.4 Å². The maximum atomic E-state index is 11.5. The number of anilines is 1. The second-order valence-electron chi connectivity index (χ2n) is 5.38. The van der Waals surface area contributed by atoms with Crippen molar-refractivity contribution in [3.63, 3.8) is 0 Å². The minimum absolute atomic E-state index is 0.268. The van der Waals surface area contributed by atoms with Crippen LogP contribution in [0.1, 0.15) is 11.1 Å². The number of pyridine rings is 1. The predicted molar refractivity (Wildman–Crippen MR) is 83.4 cm³/mol. The first-order chi connectivity index (χ1) is 10.0.